The molecule has 0 saturated carbocycles. The van der Waals surface area contributed by atoms with Gasteiger partial charge in [-0.3, -0.25) is 14.9 Å². The number of hydrogen-bond acceptors (Lipinski definition) is 5. The maximum absolute atomic E-state index is 14.0. The van der Waals surface area contributed by atoms with Gasteiger partial charge in [0.15, 0.2) is 11.6 Å². The first-order chi connectivity index (χ1) is 16.4. The number of carbonyl (C=O) groups is 2. The third-order valence-corrected chi connectivity index (χ3v) is 6.28. The average molecular weight is 514 g/mol. The number of carbonyl (C=O) groups excluding carboxylic acids is 2. The van der Waals surface area contributed by atoms with Crippen LogP contribution in [0, 0.1) is 11.7 Å². The van der Waals surface area contributed by atoms with Crippen molar-refractivity contribution in [2.75, 3.05) is 7.11 Å². The highest BCUT2D eigenvalue weighted by Gasteiger charge is 2.33. The molecule has 11 heteroatoms. The molecule has 0 radical (unpaired) electrons. The summed E-state index contributed by atoms with van der Waals surface area (Å²) in [7, 11) is 1.37. The third kappa shape index (κ3) is 7.60. The molecule has 0 aliphatic carbocycles. The molecule has 0 spiro atoms. The predicted molar refractivity (Wildman–Crippen MR) is 124 cm³/mol. The molecule has 2 amide bonds. The van der Waals surface area contributed by atoms with Crippen LogP contribution >= 0.6 is 11.8 Å². The highest BCUT2D eigenvalue weighted by Crippen LogP contribution is 2.37. The molecule has 1 fully saturated rings. The summed E-state index contributed by atoms with van der Waals surface area (Å²) in [6, 6.07) is 9.04. The minimum Gasteiger partial charge on any atom is -0.494 e. The topological polar surface area (TPSA) is 79.5 Å². The molecule has 190 valence electrons. The summed E-state index contributed by atoms with van der Waals surface area (Å²) in [5.41, 5.74) is -3.11. The predicted octanol–water partition coefficient (Wildman–Crippen LogP) is 4.31. The van der Waals surface area contributed by atoms with Crippen molar-refractivity contribution in [1.29, 1.82) is 0 Å². The van der Waals surface area contributed by atoms with Crippen LogP contribution in [0.15, 0.2) is 47.4 Å². The van der Waals surface area contributed by atoms with Crippen LogP contribution in [0.25, 0.3) is 0 Å². The van der Waals surface area contributed by atoms with Gasteiger partial charge in [0.05, 0.1) is 31.8 Å². The zero-order chi connectivity index (χ0) is 25.8. The van der Waals surface area contributed by atoms with Crippen LogP contribution in [0.5, 0.6) is 5.75 Å². The molecule has 0 aromatic heterocycles. The van der Waals surface area contributed by atoms with E-state index in [1.807, 2.05) is 13.8 Å². The van der Waals surface area contributed by atoms with Gasteiger partial charge in [0.2, 0.25) is 11.8 Å². The Morgan fingerprint density at radius 3 is 2.46 bits per heavy atom. The van der Waals surface area contributed by atoms with Crippen molar-refractivity contribution in [3.8, 4) is 5.75 Å². The summed E-state index contributed by atoms with van der Waals surface area (Å²) in [6.07, 6.45) is -0.413. The van der Waals surface area contributed by atoms with Crippen LogP contribution < -0.4 is 20.7 Å². The maximum Gasteiger partial charge on any atom is 0.446 e. The van der Waals surface area contributed by atoms with Gasteiger partial charge < -0.3 is 15.4 Å². The number of rotatable bonds is 8. The second-order valence-electron chi connectivity index (χ2n) is 8.56. The van der Waals surface area contributed by atoms with Crippen LogP contribution in [0.1, 0.15) is 37.4 Å². The van der Waals surface area contributed by atoms with Crippen molar-refractivity contribution in [3.63, 3.8) is 0 Å². The largest absolute Gasteiger partial charge is 0.494 e. The van der Waals surface area contributed by atoms with E-state index in [-0.39, 0.29) is 47.1 Å². The Kier molecular flexibility index (Phi) is 8.65. The summed E-state index contributed by atoms with van der Waals surface area (Å²) in [5.74, 6) is -1.21. The highest BCUT2D eigenvalue weighted by atomic mass is 32.2. The second kappa shape index (κ2) is 11.3. The standard InChI is InChI=1S/C24H27F4N3O3S/c1-13(2)22(15-5-7-16(8-6-15)35-24(26,27)28)31-23(33)18-12-21(32)30-20(29-18)11-14-4-9-19(34-3)17(25)10-14/h4-10,13,18,20,22,29H,11-12H2,1-3H3,(H,30,32)(H,31,33)/t18?,20?,22-/m1/s1. The Labute approximate surface area is 205 Å². The quantitative estimate of drug-likeness (QED) is 0.362. The molecule has 1 aliphatic rings. The van der Waals surface area contributed by atoms with Crippen molar-refractivity contribution in [2.24, 2.45) is 5.92 Å². The molecule has 1 heterocycles. The third-order valence-electron chi connectivity index (χ3n) is 5.54. The molecule has 6 nitrogen and oxygen atoms in total. The normalized spacial score (nSPS) is 19.3. The van der Waals surface area contributed by atoms with E-state index in [4.69, 9.17) is 4.74 Å². The second-order valence-corrected chi connectivity index (χ2v) is 9.70. The van der Waals surface area contributed by atoms with Gasteiger partial charge in [-0.05, 0) is 53.1 Å². The number of methoxy groups -OCH3 is 1. The van der Waals surface area contributed by atoms with Crippen molar-refractivity contribution < 1.29 is 31.9 Å². The van der Waals surface area contributed by atoms with Crippen LogP contribution in [0.4, 0.5) is 17.6 Å². The van der Waals surface area contributed by atoms with Crippen LogP contribution in [-0.2, 0) is 16.0 Å². The minimum atomic E-state index is -4.38. The van der Waals surface area contributed by atoms with Gasteiger partial charge in [0.1, 0.15) is 0 Å². The lowest BCUT2D eigenvalue weighted by molar-refractivity contribution is -0.132. The van der Waals surface area contributed by atoms with E-state index in [1.54, 1.807) is 18.2 Å². The SMILES string of the molecule is COc1ccc(CC2NC(=O)CC(C(=O)N[C@@H](c3ccc(SC(F)(F)F)cc3)C(C)C)N2)cc1F. The van der Waals surface area contributed by atoms with E-state index < -0.39 is 35.5 Å². The number of benzene rings is 2. The van der Waals surface area contributed by atoms with Crippen LogP contribution in [-0.4, -0.2) is 36.6 Å². The van der Waals surface area contributed by atoms with Gasteiger partial charge in [-0.2, -0.15) is 13.2 Å². The van der Waals surface area contributed by atoms with Gasteiger partial charge in [0.25, 0.3) is 0 Å². The van der Waals surface area contributed by atoms with Crippen molar-refractivity contribution in [3.05, 3.63) is 59.4 Å². The fourth-order valence-corrected chi connectivity index (χ4v) is 4.44. The van der Waals surface area contributed by atoms with Gasteiger partial charge in [-0.1, -0.05) is 32.0 Å². The van der Waals surface area contributed by atoms with E-state index in [9.17, 15) is 27.2 Å². The van der Waals surface area contributed by atoms with Crippen LogP contribution in [0.2, 0.25) is 0 Å². The molecule has 2 aromatic carbocycles. The first-order valence-corrected chi connectivity index (χ1v) is 11.8. The van der Waals surface area contributed by atoms with Crippen molar-refractivity contribution in [1.82, 2.24) is 16.0 Å². The molecule has 0 bridgehead atoms. The van der Waals surface area contributed by atoms with E-state index >= 15 is 0 Å². The van der Waals surface area contributed by atoms with Gasteiger partial charge in [-0.25, -0.2) is 4.39 Å². The van der Waals surface area contributed by atoms with Gasteiger partial charge >= 0.3 is 5.51 Å². The zero-order valence-electron chi connectivity index (χ0n) is 19.4. The number of ether oxygens (including phenoxy) is 1. The molecular weight excluding hydrogens is 486 g/mol. The number of halogens is 4. The molecule has 3 atom stereocenters. The number of hydrogen-bond donors (Lipinski definition) is 3. The Bertz CT molecular complexity index is 1050. The summed E-state index contributed by atoms with van der Waals surface area (Å²) < 4.78 is 56.7. The zero-order valence-corrected chi connectivity index (χ0v) is 20.2. The van der Waals surface area contributed by atoms with Crippen molar-refractivity contribution >= 4 is 23.6 Å². The molecule has 2 aromatic rings. The summed E-state index contributed by atoms with van der Waals surface area (Å²) >= 11 is -0.202. The monoisotopic (exact) mass is 513 g/mol. The van der Waals surface area contributed by atoms with E-state index in [0.717, 1.165) is 0 Å². The first kappa shape index (κ1) is 26.8. The maximum atomic E-state index is 14.0. The van der Waals surface area contributed by atoms with E-state index in [1.165, 1.54) is 31.4 Å². The molecule has 1 aliphatic heterocycles. The number of thioether (sulfide) groups is 1. The average Bonchev–Trinajstić information content (AvgIpc) is 2.76. The molecule has 35 heavy (non-hydrogen) atoms. The van der Waals surface area contributed by atoms with Gasteiger partial charge in [-0.15, -0.1) is 0 Å². The molecule has 3 rings (SSSR count). The molecule has 3 N–H and O–H groups in total. The summed E-state index contributed by atoms with van der Waals surface area (Å²) in [6.45, 7) is 3.76. The lowest BCUT2D eigenvalue weighted by atomic mass is 9.95. The van der Waals surface area contributed by atoms with Crippen LogP contribution in [0.3, 0.4) is 0 Å². The number of alkyl halides is 3. The van der Waals surface area contributed by atoms with E-state index in [0.29, 0.717) is 11.1 Å². The lowest BCUT2D eigenvalue weighted by Gasteiger charge is -2.33. The lowest BCUT2D eigenvalue weighted by Crippen LogP contribution is -2.61. The Hall–Kier alpha value is -2.79. The minimum absolute atomic E-state index is 0.0542. The molecular formula is C24H27F4N3O3S. The fourth-order valence-electron chi connectivity index (χ4n) is 3.90. The summed E-state index contributed by atoms with van der Waals surface area (Å²) in [5, 5.41) is 8.75. The molecule has 1 saturated heterocycles. The Morgan fingerprint density at radius 2 is 1.89 bits per heavy atom. The smallest absolute Gasteiger partial charge is 0.446 e. The fraction of sp³-hybridized carbons (Fsp3) is 0.417. The Balaban J connectivity index is 1.67. The van der Waals surface area contributed by atoms with Gasteiger partial charge in [0, 0.05) is 11.3 Å². The first-order valence-electron chi connectivity index (χ1n) is 11.0. The highest BCUT2D eigenvalue weighted by molar-refractivity contribution is 8.00. The number of nitrogens with one attached hydrogen (secondary N) is 3. The number of amides is 2. The Morgan fingerprint density at radius 1 is 1.20 bits per heavy atom. The molecule has 2 unspecified atom stereocenters. The van der Waals surface area contributed by atoms with E-state index in [2.05, 4.69) is 16.0 Å². The summed E-state index contributed by atoms with van der Waals surface area (Å²) in [4.78, 5) is 25.4. The van der Waals surface area contributed by atoms with Crippen molar-refractivity contribution in [2.45, 2.75) is 55.3 Å².